The first-order chi connectivity index (χ1) is 16.5. The number of benzene rings is 3. The minimum absolute atomic E-state index is 0. The van der Waals surface area contributed by atoms with E-state index < -0.39 is 0 Å². The van der Waals surface area contributed by atoms with Crippen LogP contribution in [0.4, 0.5) is 5.13 Å². The van der Waals surface area contributed by atoms with Crippen molar-refractivity contribution in [2.45, 2.75) is 6.42 Å². The number of anilines is 1. The summed E-state index contributed by atoms with van der Waals surface area (Å²) in [6.07, 6.45) is 0.830. The van der Waals surface area contributed by atoms with E-state index in [4.69, 9.17) is 14.5 Å². The van der Waals surface area contributed by atoms with Gasteiger partial charge >= 0.3 is 0 Å². The monoisotopic (exact) mass is 511 g/mol. The number of hydrogen-bond donors (Lipinski definition) is 0. The molecule has 0 fully saturated rings. The third-order valence-electron chi connectivity index (χ3n) is 5.60. The summed E-state index contributed by atoms with van der Waals surface area (Å²) in [5.74, 6) is 1.29. The molecule has 6 nitrogen and oxygen atoms in total. The topological polar surface area (TPSA) is 54.9 Å². The van der Waals surface area contributed by atoms with E-state index in [1.165, 1.54) is 16.9 Å². The maximum atomic E-state index is 13.6. The Morgan fingerprint density at radius 1 is 0.857 bits per heavy atom. The molecule has 0 saturated heterocycles. The van der Waals surface area contributed by atoms with E-state index in [9.17, 15) is 4.79 Å². The van der Waals surface area contributed by atoms with E-state index in [2.05, 4.69) is 17.0 Å². The highest BCUT2D eigenvalue weighted by atomic mass is 35.5. The largest absolute Gasteiger partial charge is 0.495 e. The second-order valence-corrected chi connectivity index (χ2v) is 9.24. The molecule has 0 radical (unpaired) electrons. The van der Waals surface area contributed by atoms with Gasteiger partial charge < -0.3 is 14.4 Å². The molecule has 0 unspecified atom stereocenters. The maximum absolute atomic E-state index is 13.6. The number of aromatic nitrogens is 1. The van der Waals surface area contributed by atoms with Crippen molar-refractivity contribution in [3.63, 3.8) is 0 Å². The van der Waals surface area contributed by atoms with Gasteiger partial charge in [-0.3, -0.25) is 9.69 Å². The van der Waals surface area contributed by atoms with Crippen LogP contribution in [-0.2, 0) is 6.42 Å². The molecule has 4 rings (SSSR count). The van der Waals surface area contributed by atoms with Gasteiger partial charge in [-0.15, -0.1) is 12.4 Å². The zero-order valence-corrected chi connectivity index (χ0v) is 22.0. The van der Waals surface area contributed by atoms with Gasteiger partial charge in [0, 0.05) is 18.7 Å². The van der Waals surface area contributed by atoms with Crippen LogP contribution < -0.4 is 14.4 Å². The summed E-state index contributed by atoms with van der Waals surface area (Å²) in [5.41, 5.74) is 3.74. The molecule has 0 atom stereocenters. The van der Waals surface area contributed by atoms with Gasteiger partial charge in [-0.1, -0.05) is 53.8 Å². The van der Waals surface area contributed by atoms with Crippen LogP contribution in [0.15, 0.2) is 66.7 Å². The molecule has 0 aliphatic rings. The number of methoxy groups -OCH3 is 2. The molecule has 35 heavy (non-hydrogen) atoms. The van der Waals surface area contributed by atoms with Crippen molar-refractivity contribution in [2.24, 2.45) is 0 Å². The van der Waals surface area contributed by atoms with Crippen LogP contribution in [0, 0.1) is 0 Å². The Morgan fingerprint density at radius 2 is 1.49 bits per heavy atom. The van der Waals surface area contributed by atoms with Crippen molar-refractivity contribution >= 4 is 45.0 Å². The van der Waals surface area contributed by atoms with Gasteiger partial charge in [-0.05, 0) is 55.9 Å². The number of ether oxygens (including phenoxy) is 2. The van der Waals surface area contributed by atoms with Gasteiger partial charge in [-0.2, -0.15) is 0 Å². The summed E-state index contributed by atoms with van der Waals surface area (Å²) in [6, 6.07) is 21.9. The van der Waals surface area contributed by atoms with Crippen LogP contribution in [0.5, 0.6) is 11.5 Å². The first-order valence-electron chi connectivity index (χ1n) is 11.1. The zero-order valence-electron chi connectivity index (χ0n) is 20.4. The van der Waals surface area contributed by atoms with Crippen LogP contribution >= 0.6 is 23.7 Å². The van der Waals surface area contributed by atoms with Gasteiger partial charge in [-0.25, -0.2) is 4.98 Å². The molecule has 0 spiro atoms. The van der Waals surface area contributed by atoms with Crippen LogP contribution in [0.1, 0.15) is 21.5 Å². The average molecular weight is 512 g/mol. The normalized spacial score (nSPS) is 10.8. The molecule has 0 bridgehead atoms. The Balaban J connectivity index is 0.00000342. The number of likely N-dealkylation sites (N-methyl/N-ethyl adjacent to an activating group) is 1. The number of halogens is 1. The van der Waals surface area contributed by atoms with Crippen LogP contribution in [0.3, 0.4) is 0 Å². The molecule has 0 saturated carbocycles. The maximum Gasteiger partial charge on any atom is 0.260 e. The van der Waals surface area contributed by atoms with E-state index in [1.54, 1.807) is 19.1 Å². The number of amides is 1. The quantitative estimate of drug-likeness (QED) is 0.295. The fraction of sp³-hybridized carbons (Fsp3) is 0.259. The van der Waals surface area contributed by atoms with E-state index in [0.717, 1.165) is 16.7 Å². The molecule has 0 aliphatic heterocycles. The highest BCUT2D eigenvalue weighted by Gasteiger charge is 2.23. The van der Waals surface area contributed by atoms with Gasteiger partial charge in [0.1, 0.15) is 21.7 Å². The van der Waals surface area contributed by atoms with Crippen molar-refractivity contribution in [1.29, 1.82) is 0 Å². The summed E-state index contributed by atoms with van der Waals surface area (Å²) in [4.78, 5) is 22.2. The minimum Gasteiger partial charge on any atom is -0.495 e. The molecule has 0 N–H and O–H groups in total. The fourth-order valence-electron chi connectivity index (χ4n) is 3.73. The molecule has 3 aromatic carbocycles. The van der Waals surface area contributed by atoms with Crippen LogP contribution in [0.2, 0.25) is 0 Å². The summed E-state index contributed by atoms with van der Waals surface area (Å²) in [5, 5.41) is 0.623. The average Bonchev–Trinajstić information content (AvgIpc) is 3.29. The number of hydrogen-bond acceptors (Lipinski definition) is 6. The lowest BCUT2D eigenvalue weighted by molar-refractivity contribution is 0.0985. The molecule has 1 amide bonds. The standard InChI is InChI=1S/C27H29N3O3S.ClH/c1-29(2)16-17-30(27-28-24-22(32-3)14-15-23(33-4)25(24)34-27)26(31)21-12-10-20(11-13-21)18-19-8-6-5-7-9-19;/h5-15H,16-18H2,1-4H3;1H. The summed E-state index contributed by atoms with van der Waals surface area (Å²) >= 11 is 1.44. The Labute approximate surface area is 216 Å². The summed E-state index contributed by atoms with van der Waals surface area (Å²) in [6.45, 7) is 1.23. The number of carbonyl (C=O) groups is 1. The van der Waals surface area contributed by atoms with Gasteiger partial charge in [0.05, 0.1) is 14.2 Å². The fourth-order valence-corrected chi connectivity index (χ4v) is 4.83. The molecule has 1 aromatic heterocycles. The van der Waals surface area contributed by atoms with Crippen molar-refractivity contribution in [1.82, 2.24) is 9.88 Å². The van der Waals surface area contributed by atoms with Gasteiger partial charge in [0.2, 0.25) is 0 Å². The first kappa shape index (κ1) is 26.5. The van der Waals surface area contributed by atoms with Gasteiger partial charge in [0.25, 0.3) is 5.91 Å². The predicted octanol–water partition coefficient (Wildman–Crippen LogP) is 5.53. The molecule has 0 aliphatic carbocycles. The number of fused-ring (bicyclic) bond motifs is 1. The molecular formula is C27H30ClN3O3S. The molecule has 8 heteroatoms. The number of rotatable bonds is 9. The summed E-state index contributed by atoms with van der Waals surface area (Å²) < 4.78 is 11.9. The Morgan fingerprint density at radius 3 is 2.11 bits per heavy atom. The Hall–Kier alpha value is -3.13. The minimum atomic E-state index is -0.0786. The highest BCUT2D eigenvalue weighted by molar-refractivity contribution is 7.22. The number of carbonyl (C=O) groups excluding carboxylic acids is 1. The number of thiazole rings is 1. The molecule has 1 heterocycles. The van der Waals surface area contributed by atoms with E-state index in [1.807, 2.05) is 68.7 Å². The first-order valence-corrected chi connectivity index (χ1v) is 11.9. The van der Waals surface area contributed by atoms with Crippen molar-refractivity contribution in [3.8, 4) is 11.5 Å². The smallest absolute Gasteiger partial charge is 0.260 e. The second-order valence-electron chi connectivity index (χ2n) is 8.26. The number of nitrogens with zero attached hydrogens (tertiary/aromatic N) is 3. The van der Waals surface area contributed by atoms with E-state index in [-0.39, 0.29) is 18.3 Å². The van der Waals surface area contributed by atoms with E-state index in [0.29, 0.717) is 40.8 Å². The SMILES string of the molecule is COc1ccc(OC)c2sc(N(CCN(C)C)C(=O)c3ccc(Cc4ccccc4)cc3)nc12.Cl. The summed E-state index contributed by atoms with van der Waals surface area (Å²) in [7, 11) is 7.23. The lowest BCUT2D eigenvalue weighted by Crippen LogP contribution is -2.36. The van der Waals surface area contributed by atoms with Gasteiger partial charge in [0.15, 0.2) is 5.13 Å². The second kappa shape index (κ2) is 12.0. The third-order valence-corrected chi connectivity index (χ3v) is 6.69. The van der Waals surface area contributed by atoms with Crippen LogP contribution in [-0.4, -0.2) is 57.2 Å². The lowest BCUT2D eigenvalue weighted by atomic mass is 10.0. The van der Waals surface area contributed by atoms with E-state index >= 15 is 0 Å². The van der Waals surface area contributed by atoms with Crippen LogP contribution in [0.25, 0.3) is 10.2 Å². The lowest BCUT2D eigenvalue weighted by Gasteiger charge is -2.22. The van der Waals surface area contributed by atoms with Crippen molar-refractivity contribution in [2.75, 3.05) is 46.3 Å². The Kier molecular flexibility index (Phi) is 9.09. The molecule has 4 aromatic rings. The third kappa shape index (κ3) is 6.11. The predicted molar refractivity (Wildman–Crippen MR) is 146 cm³/mol. The molecule has 184 valence electrons. The van der Waals surface area contributed by atoms with Crippen molar-refractivity contribution < 1.29 is 14.3 Å². The molecular weight excluding hydrogens is 482 g/mol. The zero-order chi connectivity index (χ0) is 24.1. The highest BCUT2D eigenvalue weighted by Crippen LogP contribution is 2.40. The Bertz CT molecular complexity index is 1220. The van der Waals surface area contributed by atoms with Crippen molar-refractivity contribution in [3.05, 3.63) is 83.4 Å².